The zero-order chi connectivity index (χ0) is 27.2. The highest BCUT2D eigenvalue weighted by molar-refractivity contribution is 5.76. The Labute approximate surface area is 230 Å². The van der Waals surface area contributed by atoms with Crippen molar-refractivity contribution in [3.8, 4) is 0 Å². The molecule has 0 saturated carbocycles. The molecule has 0 bridgehead atoms. The largest absolute Gasteiger partial charge is 0.394 e. The molecule has 3 N–H and O–H groups in total. The highest BCUT2D eigenvalue weighted by Gasteiger charge is 2.17. The molecule has 0 aromatic carbocycles. The monoisotopic (exact) mass is 521 g/mol. The zero-order valence-electron chi connectivity index (χ0n) is 24.7. The van der Waals surface area contributed by atoms with Crippen molar-refractivity contribution >= 4 is 5.91 Å². The Morgan fingerprint density at radius 3 is 1.54 bits per heavy atom. The van der Waals surface area contributed by atoms with Crippen molar-refractivity contribution in [1.82, 2.24) is 5.32 Å². The lowest BCUT2D eigenvalue weighted by Gasteiger charge is -2.19. The predicted octanol–water partition coefficient (Wildman–Crippen LogP) is 8.95. The fourth-order valence-corrected chi connectivity index (χ4v) is 4.70. The van der Waals surface area contributed by atoms with Crippen molar-refractivity contribution in [1.29, 1.82) is 0 Å². The fourth-order valence-electron chi connectivity index (χ4n) is 4.70. The highest BCUT2D eigenvalue weighted by Crippen LogP contribution is 2.13. The second-order valence-corrected chi connectivity index (χ2v) is 10.9. The van der Waals surface area contributed by atoms with Crippen LogP contribution in [0.4, 0.5) is 0 Å². The number of unbranched alkanes of at least 4 members (excludes halogenated alkanes) is 20. The average molecular weight is 522 g/mol. The molecule has 0 aromatic rings. The van der Waals surface area contributed by atoms with E-state index < -0.39 is 12.1 Å². The van der Waals surface area contributed by atoms with Gasteiger partial charge in [-0.3, -0.25) is 4.79 Å². The molecular formula is C33H63NO3. The van der Waals surface area contributed by atoms with Crippen molar-refractivity contribution in [3.63, 3.8) is 0 Å². The predicted molar refractivity (Wildman–Crippen MR) is 161 cm³/mol. The molecule has 0 heterocycles. The summed E-state index contributed by atoms with van der Waals surface area (Å²) >= 11 is 0. The van der Waals surface area contributed by atoms with E-state index in [-0.39, 0.29) is 12.5 Å². The summed E-state index contributed by atoms with van der Waals surface area (Å²) in [6.45, 7) is 4.25. The Kier molecular flexibility index (Phi) is 28.5. The summed E-state index contributed by atoms with van der Waals surface area (Å²) in [6.07, 6.45) is 35.4. The fraction of sp³-hybridized carbons (Fsp3) is 0.848. The summed E-state index contributed by atoms with van der Waals surface area (Å²) in [6, 6.07) is -0.646. The minimum Gasteiger partial charge on any atom is -0.394 e. The lowest BCUT2D eigenvalue weighted by atomic mass is 10.0. The molecule has 1 amide bonds. The molecule has 0 unspecified atom stereocenters. The van der Waals surface area contributed by atoms with Gasteiger partial charge < -0.3 is 15.5 Å². The molecule has 0 aromatic heterocycles. The summed E-state index contributed by atoms with van der Waals surface area (Å²) in [5, 5.41) is 22.7. The van der Waals surface area contributed by atoms with Gasteiger partial charge in [0.15, 0.2) is 0 Å². The maximum absolute atomic E-state index is 12.2. The van der Waals surface area contributed by atoms with Crippen LogP contribution in [0.5, 0.6) is 0 Å². The van der Waals surface area contributed by atoms with Crippen molar-refractivity contribution < 1.29 is 15.0 Å². The number of aliphatic hydroxyl groups excluding tert-OH is 2. The van der Waals surface area contributed by atoms with Gasteiger partial charge in [0.2, 0.25) is 5.91 Å². The third-order valence-corrected chi connectivity index (χ3v) is 7.24. The second kappa shape index (κ2) is 29.4. The molecule has 0 aliphatic heterocycles. The second-order valence-electron chi connectivity index (χ2n) is 10.9. The van der Waals surface area contributed by atoms with Crippen LogP contribution in [0.15, 0.2) is 24.3 Å². The summed E-state index contributed by atoms with van der Waals surface area (Å²) in [7, 11) is 0. The first-order chi connectivity index (χ1) is 18.2. The lowest BCUT2D eigenvalue weighted by Crippen LogP contribution is -2.45. The van der Waals surface area contributed by atoms with Gasteiger partial charge in [0.25, 0.3) is 0 Å². The lowest BCUT2D eigenvalue weighted by molar-refractivity contribution is -0.123. The van der Waals surface area contributed by atoms with Gasteiger partial charge in [-0.05, 0) is 19.3 Å². The van der Waals surface area contributed by atoms with Crippen LogP contribution in [-0.2, 0) is 4.79 Å². The molecule has 0 saturated heterocycles. The Balaban J connectivity index is 3.70. The molecule has 0 aliphatic rings. The minimum atomic E-state index is -0.881. The third-order valence-electron chi connectivity index (χ3n) is 7.24. The van der Waals surface area contributed by atoms with Gasteiger partial charge in [-0.15, -0.1) is 0 Å². The van der Waals surface area contributed by atoms with Crippen LogP contribution in [0.2, 0.25) is 0 Å². The summed E-state index contributed by atoms with van der Waals surface area (Å²) in [4.78, 5) is 12.2. The normalized spacial score (nSPS) is 13.5. The Hall–Kier alpha value is -1.13. The SMILES string of the molecule is CCCCCCCCC/C=C/C=C/[C@@H](O)[C@H](CO)NC(=O)CCCCCCCCCCCCCCCC. The van der Waals surface area contributed by atoms with Crippen LogP contribution >= 0.6 is 0 Å². The maximum Gasteiger partial charge on any atom is 0.220 e. The van der Waals surface area contributed by atoms with E-state index in [4.69, 9.17) is 0 Å². The van der Waals surface area contributed by atoms with Gasteiger partial charge in [0.05, 0.1) is 18.8 Å². The molecule has 0 rings (SSSR count). The number of carbonyl (C=O) groups is 1. The van der Waals surface area contributed by atoms with Crippen LogP contribution in [0.25, 0.3) is 0 Å². The van der Waals surface area contributed by atoms with Crippen LogP contribution in [0.1, 0.15) is 162 Å². The van der Waals surface area contributed by atoms with Crippen molar-refractivity contribution in [2.45, 2.75) is 174 Å². The minimum absolute atomic E-state index is 0.0834. The van der Waals surface area contributed by atoms with Crippen LogP contribution < -0.4 is 5.32 Å². The molecule has 4 nitrogen and oxygen atoms in total. The van der Waals surface area contributed by atoms with E-state index in [2.05, 4.69) is 25.2 Å². The van der Waals surface area contributed by atoms with E-state index in [1.54, 1.807) is 6.08 Å². The first-order valence-corrected chi connectivity index (χ1v) is 16.1. The first-order valence-electron chi connectivity index (χ1n) is 16.1. The Morgan fingerprint density at radius 1 is 0.649 bits per heavy atom. The van der Waals surface area contributed by atoms with E-state index in [9.17, 15) is 15.0 Å². The molecule has 0 radical (unpaired) electrons. The topological polar surface area (TPSA) is 69.6 Å². The first kappa shape index (κ1) is 35.9. The summed E-state index contributed by atoms with van der Waals surface area (Å²) in [5.74, 6) is -0.0834. The van der Waals surface area contributed by atoms with Crippen LogP contribution in [0.3, 0.4) is 0 Å². The number of carbonyl (C=O) groups excluding carboxylic acids is 1. The molecule has 4 heteroatoms. The van der Waals surface area contributed by atoms with E-state index >= 15 is 0 Å². The maximum atomic E-state index is 12.2. The Morgan fingerprint density at radius 2 is 1.08 bits per heavy atom. The molecule has 0 fully saturated rings. The van der Waals surface area contributed by atoms with Gasteiger partial charge >= 0.3 is 0 Å². The number of rotatable bonds is 28. The number of hydrogen-bond acceptors (Lipinski definition) is 3. The average Bonchev–Trinajstić information content (AvgIpc) is 2.90. The van der Waals surface area contributed by atoms with Crippen molar-refractivity contribution in [2.24, 2.45) is 0 Å². The van der Waals surface area contributed by atoms with Crippen molar-refractivity contribution in [3.05, 3.63) is 24.3 Å². The van der Waals surface area contributed by atoms with E-state index in [0.717, 1.165) is 19.3 Å². The summed E-state index contributed by atoms with van der Waals surface area (Å²) in [5.41, 5.74) is 0. The molecule has 2 atom stereocenters. The quantitative estimate of drug-likeness (QED) is 0.0711. The smallest absolute Gasteiger partial charge is 0.220 e. The number of amides is 1. The highest BCUT2D eigenvalue weighted by atomic mass is 16.3. The van der Waals surface area contributed by atoms with Gasteiger partial charge in [0.1, 0.15) is 0 Å². The van der Waals surface area contributed by atoms with Crippen LogP contribution in [-0.4, -0.2) is 34.9 Å². The molecule has 0 spiro atoms. The standard InChI is InChI=1S/C33H63NO3/c1-3-5-7-9-11-13-15-16-17-19-21-23-25-27-29-33(37)34-31(30-35)32(36)28-26-24-22-20-18-14-12-10-8-6-4-2/h22,24,26,28,31-32,35-36H,3-21,23,25,27,29-30H2,1-2H3,(H,34,37)/b24-22+,28-26+/t31-,32+/m0/s1. The number of nitrogens with one attached hydrogen (secondary N) is 1. The molecular weight excluding hydrogens is 458 g/mol. The van der Waals surface area contributed by atoms with Gasteiger partial charge in [0, 0.05) is 6.42 Å². The Bertz CT molecular complexity index is 532. The van der Waals surface area contributed by atoms with Gasteiger partial charge in [-0.25, -0.2) is 0 Å². The molecule has 218 valence electrons. The number of aliphatic hydroxyl groups is 2. The zero-order valence-corrected chi connectivity index (χ0v) is 24.7. The van der Waals surface area contributed by atoms with Gasteiger partial charge in [-0.2, -0.15) is 0 Å². The van der Waals surface area contributed by atoms with E-state index in [1.807, 2.05) is 12.2 Å². The van der Waals surface area contributed by atoms with Crippen molar-refractivity contribution in [2.75, 3.05) is 6.61 Å². The molecule has 37 heavy (non-hydrogen) atoms. The molecule has 0 aliphatic carbocycles. The van der Waals surface area contributed by atoms with E-state index in [1.165, 1.54) is 122 Å². The number of hydrogen-bond donors (Lipinski definition) is 3. The summed E-state index contributed by atoms with van der Waals surface area (Å²) < 4.78 is 0. The number of allylic oxidation sites excluding steroid dienone is 3. The van der Waals surface area contributed by atoms with E-state index in [0.29, 0.717) is 6.42 Å². The third kappa shape index (κ3) is 26.3. The van der Waals surface area contributed by atoms with Gasteiger partial charge in [-0.1, -0.05) is 160 Å². The van der Waals surface area contributed by atoms with Crippen LogP contribution in [0, 0.1) is 0 Å².